The van der Waals surface area contributed by atoms with E-state index in [1.165, 1.54) is 0 Å². The summed E-state index contributed by atoms with van der Waals surface area (Å²) in [6, 6.07) is 8.90. The van der Waals surface area contributed by atoms with Gasteiger partial charge in [0.1, 0.15) is 6.04 Å². The van der Waals surface area contributed by atoms with Gasteiger partial charge in [-0.1, -0.05) is 51.1 Å². The number of carbonyl (C=O) groups is 2. The van der Waals surface area contributed by atoms with Crippen molar-refractivity contribution in [3.05, 3.63) is 35.9 Å². The van der Waals surface area contributed by atoms with Crippen LogP contribution in [0.5, 0.6) is 0 Å². The first-order valence-corrected chi connectivity index (χ1v) is 7.34. The van der Waals surface area contributed by atoms with E-state index in [4.69, 9.17) is 0 Å². The Morgan fingerprint density at radius 3 is 2.33 bits per heavy atom. The minimum atomic E-state index is -0.965. The van der Waals surface area contributed by atoms with Gasteiger partial charge in [-0.2, -0.15) is 0 Å². The molecule has 0 saturated heterocycles. The summed E-state index contributed by atoms with van der Waals surface area (Å²) in [4.78, 5) is 23.1. The summed E-state index contributed by atoms with van der Waals surface area (Å²) in [6.45, 7) is 6.18. The number of hydrogen-bond donors (Lipinski definition) is 2. The summed E-state index contributed by atoms with van der Waals surface area (Å²) in [6.07, 6.45) is 2.14. The molecule has 116 valence electrons. The number of nitrogens with one attached hydrogen (secondary N) is 1. The number of amides is 1. The quantitative estimate of drug-likeness (QED) is 0.811. The van der Waals surface area contributed by atoms with Crippen molar-refractivity contribution in [3.63, 3.8) is 0 Å². The van der Waals surface area contributed by atoms with Gasteiger partial charge in [-0.05, 0) is 30.2 Å². The first-order chi connectivity index (χ1) is 9.78. The molecule has 2 N–H and O–H groups in total. The zero-order valence-corrected chi connectivity index (χ0v) is 13.1. The van der Waals surface area contributed by atoms with Crippen molar-refractivity contribution in [2.45, 2.75) is 52.5 Å². The second kappa shape index (κ2) is 7.81. The molecule has 0 spiro atoms. The Labute approximate surface area is 126 Å². The lowest BCUT2D eigenvalue weighted by Gasteiger charge is -2.21. The molecule has 1 rings (SSSR count). The molecular formula is C17H25NO3. The van der Waals surface area contributed by atoms with Crippen LogP contribution in [0.15, 0.2) is 30.3 Å². The van der Waals surface area contributed by atoms with E-state index in [-0.39, 0.29) is 11.3 Å². The second-order valence-corrected chi connectivity index (χ2v) is 6.54. The molecule has 1 atom stereocenters. The van der Waals surface area contributed by atoms with Gasteiger partial charge in [-0.25, -0.2) is 4.79 Å². The van der Waals surface area contributed by atoms with Gasteiger partial charge < -0.3 is 10.4 Å². The first-order valence-electron chi connectivity index (χ1n) is 7.34. The van der Waals surface area contributed by atoms with Crippen molar-refractivity contribution >= 4 is 11.9 Å². The monoisotopic (exact) mass is 291 g/mol. The highest BCUT2D eigenvalue weighted by molar-refractivity contribution is 5.83. The van der Waals surface area contributed by atoms with E-state index in [0.29, 0.717) is 19.3 Å². The van der Waals surface area contributed by atoms with Crippen LogP contribution in [-0.4, -0.2) is 23.0 Å². The molecule has 0 heterocycles. The number of carboxylic acid groups (broad SMARTS) is 1. The van der Waals surface area contributed by atoms with Gasteiger partial charge in [-0.3, -0.25) is 4.79 Å². The van der Waals surface area contributed by atoms with E-state index in [9.17, 15) is 14.7 Å². The van der Waals surface area contributed by atoms with E-state index < -0.39 is 12.0 Å². The molecule has 4 nitrogen and oxygen atoms in total. The van der Waals surface area contributed by atoms with Crippen LogP contribution in [0.1, 0.15) is 45.6 Å². The van der Waals surface area contributed by atoms with Crippen LogP contribution in [-0.2, 0) is 16.0 Å². The minimum absolute atomic E-state index is 0.0580. The summed E-state index contributed by atoms with van der Waals surface area (Å²) >= 11 is 0. The highest BCUT2D eigenvalue weighted by Crippen LogP contribution is 2.21. The Balaban J connectivity index is 2.43. The summed E-state index contributed by atoms with van der Waals surface area (Å²) in [5.74, 6) is -1.17. The van der Waals surface area contributed by atoms with Gasteiger partial charge in [0.15, 0.2) is 0 Å². The number of rotatable bonds is 7. The maximum Gasteiger partial charge on any atom is 0.326 e. The van der Waals surface area contributed by atoms with Crippen molar-refractivity contribution in [2.75, 3.05) is 0 Å². The molecule has 0 aliphatic rings. The van der Waals surface area contributed by atoms with Gasteiger partial charge in [0.05, 0.1) is 0 Å². The maximum atomic E-state index is 11.9. The van der Waals surface area contributed by atoms with Crippen LogP contribution in [0, 0.1) is 5.41 Å². The van der Waals surface area contributed by atoms with E-state index >= 15 is 0 Å². The number of hydrogen-bond acceptors (Lipinski definition) is 2. The molecule has 0 aliphatic heterocycles. The van der Waals surface area contributed by atoms with E-state index in [1.54, 1.807) is 0 Å². The fraction of sp³-hybridized carbons (Fsp3) is 0.529. The summed E-state index contributed by atoms with van der Waals surface area (Å²) in [5.41, 5.74) is 1.14. The van der Waals surface area contributed by atoms with Gasteiger partial charge >= 0.3 is 5.97 Å². The van der Waals surface area contributed by atoms with E-state index in [2.05, 4.69) is 26.1 Å². The molecule has 0 aromatic heterocycles. The highest BCUT2D eigenvalue weighted by Gasteiger charge is 2.22. The third-order valence-corrected chi connectivity index (χ3v) is 3.30. The molecule has 0 radical (unpaired) electrons. The summed E-state index contributed by atoms with van der Waals surface area (Å²) in [5, 5.41) is 11.8. The Bertz CT molecular complexity index is 463. The molecule has 1 aromatic rings. The smallest absolute Gasteiger partial charge is 0.326 e. The average Bonchev–Trinajstić information content (AvgIpc) is 2.41. The standard InChI is InChI=1S/C17H25NO3/c1-17(2,3)12-11-14(16(20)21)18-15(19)10-9-13-7-5-4-6-8-13/h4-8,14H,9-12H2,1-3H3,(H,18,19)(H,20,21). The zero-order valence-electron chi connectivity index (χ0n) is 13.1. The van der Waals surface area contributed by atoms with Crippen LogP contribution in [0.2, 0.25) is 0 Å². The van der Waals surface area contributed by atoms with Gasteiger partial charge in [0.2, 0.25) is 5.91 Å². The fourth-order valence-electron chi connectivity index (χ4n) is 2.00. The van der Waals surface area contributed by atoms with Crippen LogP contribution in [0.25, 0.3) is 0 Å². The van der Waals surface area contributed by atoms with Crippen LogP contribution in [0.3, 0.4) is 0 Å². The molecule has 0 fully saturated rings. The Hall–Kier alpha value is -1.84. The SMILES string of the molecule is CC(C)(C)CCC(NC(=O)CCc1ccccc1)C(=O)O. The lowest BCUT2D eigenvalue weighted by molar-refractivity contribution is -0.142. The number of aryl methyl sites for hydroxylation is 1. The molecule has 1 amide bonds. The van der Waals surface area contributed by atoms with Crippen molar-refractivity contribution in [2.24, 2.45) is 5.41 Å². The maximum absolute atomic E-state index is 11.9. The zero-order chi connectivity index (χ0) is 15.9. The van der Waals surface area contributed by atoms with Crippen molar-refractivity contribution in [3.8, 4) is 0 Å². The molecule has 1 unspecified atom stereocenters. The molecule has 4 heteroatoms. The molecule has 1 aromatic carbocycles. The van der Waals surface area contributed by atoms with Crippen LogP contribution < -0.4 is 5.32 Å². The van der Waals surface area contributed by atoms with Gasteiger partial charge in [0.25, 0.3) is 0 Å². The molecule has 0 bridgehead atoms. The highest BCUT2D eigenvalue weighted by atomic mass is 16.4. The lowest BCUT2D eigenvalue weighted by atomic mass is 9.88. The van der Waals surface area contributed by atoms with Crippen LogP contribution in [0.4, 0.5) is 0 Å². The third kappa shape index (κ3) is 7.49. The lowest BCUT2D eigenvalue weighted by Crippen LogP contribution is -2.41. The van der Waals surface area contributed by atoms with Crippen LogP contribution >= 0.6 is 0 Å². The molecule has 0 saturated carbocycles. The number of carboxylic acids is 1. The number of benzene rings is 1. The molecule has 0 aliphatic carbocycles. The normalized spacial score (nSPS) is 12.7. The fourth-order valence-corrected chi connectivity index (χ4v) is 2.00. The second-order valence-electron chi connectivity index (χ2n) is 6.54. The van der Waals surface area contributed by atoms with Crippen molar-refractivity contribution < 1.29 is 14.7 Å². The predicted octanol–water partition coefficient (Wildman–Crippen LogP) is 3.01. The largest absolute Gasteiger partial charge is 0.480 e. The van der Waals surface area contributed by atoms with Gasteiger partial charge in [-0.15, -0.1) is 0 Å². The Morgan fingerprint density at radius 2 is 1.81 bits per heavy atom. The third-order valence-electron chi connectivity index (χ3n) is 3.30. The minimum Gasteiger partial charge on any atom is -0.480 e. The first kappa shape index (κ1) is 17.2. The number of carbonyl (C=O) groups excluding carboxylic acids is 1. The van der Waals surface area contributed by atoms with Crippen molar-refractivity contribution in [1.29, 1.82) is 0 Å². The van der Waals surface area contributed by atoms with E-state index in [0.717, 1.165) is 12.0 Å². The molecular weight excluding hydrogens is 266 g/mol. The summed E-state index contributed by atoms with van der Waals surface area (Å²) in [7, 11) is 0. The number of aliphatic carboxylic acids is 1. The predicted molar refractivity (Wildman–Crippen MR) is 83.0 cm³/mol. The average molecular weight is 291 g/mol. The topological polar surface area (TPSA) is 66.4 Å². The van der Waals surface area contributed by atoms with Crippen molar-refractivity contribution in [1.82, 2.24) is 5.32 Å². The summed E-state index contributed by atoms with van der Waals surface area (Å²) < 4.78 is 0. The Morgan fingerprint density at radius 1 is 1.19 bits per heavy atom. The Kier molecular flexibility index (Phi) is 6.40. The van der Waals surface area contributed by atoms with E-state index in [1.807, 2.05) is 30.3 Å². The molecule has 21 heavy (non-hydrogen) atoms. The van der Waals surface area contributed by atoms with Gasteiger partial charge in [0, 0.05) is 6.42 Å².